The van der Waals surface area contributed by atoms with Gasteiger partial charge in [-0.25, -0.2) is 0 Å². The first-order chi connectivity index (χ1) is 5.52. The molecule has 0 N–H and O–H groups in total. The molecule has 0 aromatic rings. The normalized spacial score (nSPS) is 13.6. The van der Waals surface area contributed by atoms with Crippen LogP contribution >= 0.6 is 0 Å². The number of hydrogen-bond donors (Lipinski definition) is 0. The Hall–Kier alpha value is 1.60. The molecule has 13 heavy (non-hydrogen) atoms. The molecule has 2 heteroatoms. The van der Waals surface area contributed by atoms with Crippen LogP contribution in [0.3, 0.4) is 0 Å². The molecule has 0 saturated heterocycles. The van der Waals surface area contributed by atoms with Crippen LogP contribution in [0.4, 0.5) is 0 Å². The van der Waals surface area contributed by atoms with Crippen molar-refractivity contribution in [2.45, 2.75) is 47.5 Å². The first-order valence-electron chi connectivity index (χ1n) is 5.15. The fourth-order valence-electron chi connectivity index (χ4n) is 1.65. The number of hydrogen-bond acceptors (Lipinski definition) is 0. The van der Waals surface area contributed by atoms with Gasteiger partial charge in [0.2, 0.25) is 0 Å². The van der Waals surface area contributed by atoms with Crippen molar-refractivity contribution in [3.05, 3.63) is 5.32 Å². The summed E-state index contributed by atoms with van der Waals surface area (Å²) in [7, 11) is 0. The van der Waals surface area contributed by atoms with E-state index >= 15 is 0 Å². The van der Waals surface area contributed by atoms with Gasteiger partial charge in [-0.1, -0.05) is 47.5 Å². The Balaban J connectivity index is 0. The summed E-state index contributed by atoms with van der Waals surface area (Å²) in [6.45, 7) is 13.4. The predicted octanol–water partition coefficient (Wildman–Crippen LogP) is 0.846. The maximum absolute atomic E-state index is 4.37. The minimum Gasteiger partial charge on any atom is -0.662 e. The third-order valence-corrected chi connectivity index (χ3v) is 2.58. The Morgan fingerprint density at radius 2 is 1.69 bits per heavy atom. The molecule has 0 heterocycles. The van der Waals surface area contributed by atoms with E-state index in [1.54, 1.807) is 0 Å². The standard InChI is InChI=1S/C11H24N.K/c1-6-10(11(3,4)5)8-9-12-7-2;/h10H,6-9H2,1-5H3;/q-1;+1. The van der Waals surface area contributed by atoms with E-state index in [2.05, 4.69) is 39.9 Å². The average Bonchev–Trinajstić information content (AvgIpc) is 1.95. The van der Waals surface area contributed by atoms with E-state index in [1.165, 1.54) is 12.8 Å². The molecule has 1 nitrogen and oxygen atoms in total. The molecule has 0 radical (unpaired) electrons. The Bertz CT molecular complexity index is 107. The second-order valence-electron chi connectivity index (χ2n) is 4.52. The third kappa shape index (κ3) is 8.58. The summed E-state index contributed by atoms with van der Waals surface area (Å²) in [5.74, 6) is 0.827. The van der Waals surface area contributed by atoms with Crippen LogP contribution in [0.2, 0.25) is 0 Å². The summed E-state index contributed by atoms with van der Waals surface area (Å²) in [5, 5.41) is 4.37. The summed E-state index contributed by atoms with van der Waals surface area (Å²) in [5.41, 5.74) is 0.456. The topological polar surface area (TPSA) is 14.1 Å². The van der Waals surface area contributed by atoms with Crippen LogP contribution in [0.5, 0.6) is 0 Å². The molecule has 1 atom stereocenters. The van der Waals surface area contributed by atoms with Crippen LogP contribution in [0.15, 0.2) is 0 Å². The van der Waals surface area contributed by atoms with Gasteiger partial charge in [0, 0.05) is 0 Å². The van der Waals surface area contributed by atoms with E-state index in [0.29, 0.717) is 5.41 Å². The van der Waals surface area contributed by atoms with Crippen molar-refractivity contribution in [2.75, 3.05) is 13.1 Å². The predicted molar refractivity (Wildman–Crippen MR) is 56.6 cm³/mol. The molecule has 0 bridgehead atoms. The van der Waals surface area contributed by atoms with Crippen LogP contribution in [-0.2, 0) is 0 Å². The summed E-state index contributed by atoms with van der Waals surface area (Å²) in [6.07, 6.45) is 2.54. The third-order valence-electron chi connectivity index (χ3n) is 2.58. The Kier molecular flexibility index (Phi) is 11.6. The van der Waals surface area contributed by atoms with Gasteiger partial charge >= 0.3 is 51.4 Å². The molecule has 0 spiro atoms. The molecule has 0 aromatic heterocycles. The summed E-state index contributed by atoms with van der Waals surface area (Å²) in [6, 6.07) is 0. The van der Waals surface area contributed by atoms with Gasteiger partial charge in [-0.05, 0) is 11.3 Å². The number of nitrogens with zero attached hydrogens (tertiary/aromatic N) is 1. The fourth-order valence-corrected chi connectivity index (χ4v) is 1.65. The first-order valence-corrected chi connectivity index (χ1v) is 5.15. The van der Waals surface area contributed by atoms with Crippen molar-refractivity contribution < 1.29 is 51.4 Å². The van der Waals surface area contributed by atoms with Gasteiger partial charge < -0.3 is 5.32 Å². The molecule has 1 unspecified atom stereocenters. The quantitative estimate of drug-likeness (QED) is 0.471. The van der Waals surface area contributed by atoms with Crippen molar-refractivity contribution in [2.24, 2.45) is 11.3 Å². The number of rotatable bonds is 5. The van der Waals surface area contributed by atoms with Crippen LogP contribution < -0.4 is 51.4 Å². The summed E-state index contributed by atoms with van der Waals surface area (Å²) < 4.78 is 0. The van der Waals surface area contributed by atoms with Gasteiger partial charge in [-0.15, -0.1) is 6.54 Å². The molecule has 0 rings (SSSR count). The molecule has 0 aliphatic carbocycles. The molecular formula is C11H24KN. The molecule has 0 saturated carbocycles. The molecular weight excluding hydrogens is 185 g/mol. The van der Waals surface area contributed by atoms with E-state index in [9.17, 15) is 0 Å². The molecule has 0 aliphatic heterocycles. The van der Waals surface area contributed by atoms with Crippen molar-refractivity contribution in [1.82, 2.24) is 0 Å². The average molecular weight is 209 g/mol. The first kappa shape index (κ1) is 17.0. The van der Waals surface area contributed by atoms with Crippen LogP contribution in [0.1, 0.15) is 47.5 Å². The molecule has 0 amide bonds. The second-order valence-corrected chi connectivity index (χ2v) is 4.52. The minimum atomic E-state index is 0. The van der Waals surface area contributed by atoms with Gasteiger partial charge in [0.05, 0.1) is 0 Å². The maximum atomic E-state index is 4.37. The summed E-state index contributed by atoms with van der Waals surface area (Å²) in [4.78, 5) is 0. The van der Waals surface area contributed by atoms with Crippen LogP contribution in [0.25, 0.3) is 5.32 Å². The molecule has 0 fully saturated rings. The van der Waals surface area contributed by atoms with Crippen molar-refractivity contribution in [3.8, 4) is 0 Å². The Labute approximate surface area is 127 Å². The van der Waals surface area contributed by atoms with E-state index in [-0.39, 0.29) is 51.4 Å². The van der Waals surface area contributed by atoms with E-state index in [0.717, 1.165) is 19.0 Å². The zero-order chi connectivity index (χ0) is 9.61. The van der Waals surface area contributed by atoms with Gasteiger partial charge in [0.15, 0.2) is 0 Å². The Morgan fingerprint density at radius 3 is 2.00 bits per heavy atom. The monoisotopic (exact) mass is 209 g/mol. The SMILES string of the molecule is CC[N-]CCC(CC)C(C)(C)C.[K+]. The molecule has 74 valence electrons. The van der Waals surface area contributed by atoms with Crippen LogP contribution in [0, 0.1) is 11.3 Å². The minimum absolute atomic E-state index is 0. The smallest absolute Gasteiger partial charge is 0.662 e. The van der Waals surface area contributed by atoms with Gasteiger partial charge in [0.1, 0.15) is 0 Å². The molecule has 0 aromatic carbocycles. The zero-order valence-electron chi connectivity index (χ0n) is 10.4. The fraction of sp³-hybridized carbons (Fsp3) is 1.00. The van der Waals surface area contributed by atoms with Crippen molar-refractivity contribution >= 4 is 0 Å². The van der Waals surface area contributed by atoms with Gasteiger partial charge in [-0.2, -0.15) is 6.54 Å². The maximum Gasteiger partial charge on any atom is 1.00 e. The van der Waals surface area contributed by atoms with Crippen molar-refractivity contribution in [1.29, 1.82) is 0 Å². The van der Waals surface area contributed by atoms with E-state index in [1.807, 2.05) is 0 Å². The van der Waals surface area contributed by atoms with Crippen LogP contribution in [-0.4, -0.2) is 13.1 Å². The largest absolute Gasteiger partial charge is 1.00 e. The Morgan fingerprint density at radius 1 is 1.15 bits per heavy atom. The second kappa shape index (κ2) is 8.87. The molecule has 0 aliphatic rings. The van der Waals surface area contributed by atoms with E-state index in [4.69, 9.17) is 0 Å². The van der Waals surface area contributed by atoms with E-state index < -0.39 is 0 Å². The van der Waals surface area contributed by atoms with Gasteiger partial charge in [0.25, 0.3) is 0 Å². The zero-order valence-corrected chi connectivity index (χ0v) is 13.5. The van der Waals surface area contributed by atoms with Crippen molar-refractivity contribution in [3.63, 3.8) is 0 Å². The summed E-state index contributed by atoms with van der Waals surface area (Å²) >= 11 is 0. The van der Waals surface area contributed by atoms with Gasteiger partial charge in [-0.3, -0.25) is 0 Å².